The maximum Gasteiger partial charge on any atom is 0.387 e. The van der Waals surface area contributed by atoms with E-state index in [4.69, 9.17) is 0 Å². The van der Waals surface area contributed by atoms with E-state index in [-0.39, 0.29) is 18.2 Å². The standard InChI is InChI=1S/C22H28F2N4O2/c1-3-25-22(27-15-20(29)26-14-13-17-7-5-4-6-8-17)28(2)16-18-9-11-19(12-10-18)30-21(23)24/h4-12,21H,3,13-16H2,1-2H3,(H,25,27)(H,26,29). The van der Waals surface area contributed by atoms with Crippen LogP contribution in [0.3, 0.4) is 0 Å². The number of alkyl halides is 2. The molecular formula is C22H28F2N4O2. The van der Waals surface area contributed by atoms with Gasteiger partial charge in [-0.15, -0.1) is 0 Å². The molecule has 0 spiro atoms. The average Bonchev–Trinajstić information content (AvgIpc) is 2.73. The van der Waals surface area contributed by atoms with E-state index in [2.05, 4.69) is 20.4 Å². The van der Waals surface area contributed by atoms with E-state index >= 15 is 0 Å². The number of halogens is 2. The van der Waals surface area contributed by atoms with Crippen molar-refractivity contribution in [3.63, 3.8) is 0 Å². The van der Waals surface area contributed by atoms with Crippen LogP contribution in [0.5, 0.6) is 5.75 Å². The first-order valence-electron chi connectivity index (χ1n) is 9.81. The second-order valence-corrected chi connectivity index (χ2v) is 6.63. The number of hydrogen-bond acceptors (Lipinski definition) is 3. The van der Waals surface area contributed by atoms with Crippen molar-refractivity contribution in [1.29, 1.82) is 0 Å². The summed E-state index contributed by atoms with van der Waals surface area (Å²) >= 11 is 0. The number of guanidine groups is 1. The van der Waals surface area contributed by atoms with Crippen molar-refractivity contribution in [2.75, 3.05) is 26.7 Å². The summed E-state index contributed by atoms with van der Waals surface area (Å²) < 4.78 is 28.9. The predicted molar refractivity (Wildman–Crippen MR) is 114 cm³/mol. The number of carbonyl (C=O) groups excluding carboxylic acids is 1. The van der Waals surface area contributed by atoms with Gasteiger partial charge in [-0.2, -0.15) is 8.78 Å². The fraction of sp³-hybridized carbons (Fsp3) is 0.364. The molecule has 0 fully saturated rings. The molecule has 0 heterocycles. The zero-order chi connectivity index (χ0) is 21.8. The highest BCUT2D eigenvalue weighted by Crippen LogP contribution is 2.15. The van der Waals surface area contributed by atoms with E-state index in [0.717, 1.165) is 12.0 Å². The largest absolute Gasteiger partial charge is 0.435 e. The van der Waals surface area contributed by atoms with Gasteiger partial charge in [-0.25, -0.2) is 4.99 Å². The Morgan fingerprint density at radius 1 is 1.07 bits per heavy atom. The number of ether oxygens (including phenoxy) is 1. The van der Waals surface area contributed by atoms with E-state index in [1.54, 1.807) is 12.1 Å². The molecule has 2 aromatic carbocycles. The molecule has 2 N–H and O–H groups in total. The molecule has 8 heteroatoms. The summed E-state index contributed by atoms with van der Waals surface area (Å²) in [5.41, 5.74) is 2.07. The molecule has 162 valence electrons. The van der Waals surface area contributed by atoms with Gasteiger partial charge in [0.2, 0.25) is 5.91 Å². The number of carbonyl (C=O) groups is 1. The molecule has 0 aliphatic rings. The molecule has 0 aliphatic carbocycles. The molecule has 0 bridgehead atoms. The minimum atomic E-state index is -2.84. The molecule has 2 rings (SSSR count). The van der Waals surface area contributed by atoms with Crippen LogP contribution >= 0.6 is 0 Å². The summed E-state index contributed by atoms with van der Waals surface area (Å²) in [6, 6.07) is 16.4. The maximum atomic E-state index is 12.2. The highest BCUT2D eigenvalue weighted by atomic mass is 19.3. The third-order valence-corrected chi connectivity index (χ3v) is 4.22. The van der Waals surface area contributed by atoms with E-state index in [0.29, 0.717) is 25.6 Å². The average molecular weight is 418 g/mol. The number of hydrogen-bond donors (Lipinski definition) is 2. The molecule has 30 heavy (non-hydrogen) atoms. The van der Waals surface area contributed by atoms with Crippen LogP contribution in [0.25, 0.3) is 0 Å². The summed E-state index contributed by atoms with van der Waals surface area (Å²) in [6.45, 7) is 0.821. The summed E-state index contributed by atoms with van der Waals surface area (Å²) in [7, 11) is 1.85. The highest BCUT2D eigenvalue weighted by molar-refractivity contribution is 5.84. The van der Waals surface area contributed by atoms with Gasteiger partial charge < -0.3 is 20.3 Å². The summed E-state index contributed by atoms with van der Waals surface area (Å²) in [5.74, 6) is 0.552. The van der Waals surface area contributed by atoms with Crippen LogP contribution in [-0.4, -0.2) is 50.1 Å². The van der Waals surface area contributed by atoms with E-state index in [1.807, 2.05) is 49.2 Å². The Bertz CT molecular complexity index is 799. The van der Waals surface area contributed by atoms with Crippen molar-refractivity contribution in [3.05, 3.63) is 65.7 Å². The van der Waals surface area contributed by atoms with Crippen LogP contribution in [-0.2, 0) is 17.8 Å². The SMILES string of the molecule is CCNC(=NCC(=O)NCCc1ccccc1)N(C)Cc1ccc(OC(F)F)cc1. The van der Waals surface area contributed by atoms with Crippen LogP contribution in [0.2, 0.25) is 0 Å². The molecular weight excluding hydrogens is 390 g/mol. The Hall–Kier alpha value is -3.16. The van der Waals surface area contributed by atoms with Crippen molar-refractivity contribution in [3.8, 4) is 5.75 Å². The highest BCUT2D eigenvalue weighted by Gasteiger charge is 2.09. The van der Waals surface area contributed by atoms with Crippen molar-refractivity contribution in [2.45, 2.75) is 26.5 Å². The molecule has 6 nitrogen and oxygen atoms in total. The fourth-order valence-electron chi connectivity index (χ4n) is 2.79. The Kier molecular flexibility index (Phi) is 9.57. The molecule has 1 amide bonds. The number of nitrogens with zero attached hydrogens (tertiary/aromatic N) is 2. The van der Waals surface area contributed by atoms with Crippen LogP contribution < -0.4 is 15.4 Å². The van der Waals surface area contributed by atoms with Crippen molar-refractivity contribution < 1.29 is 18.3 Å². The summed E-state index contributed by atoms with van der Waals surface area (Å²) in [6.07, 6.45) is 0.765. The third kappa shape index (κ3) is 8.46. The van der Waals surface area contributed by atoms with Crippen LogP contribution in [0, 0.1) is 0 Å². The first kappa shape index (κ1) is 23.1. The number of aliphatic imine (C=N–C) groups is 1. The first-order chi connectivity index (χ1) is 14.5. The first-order valence-corrected chi connectivity index (χ1v) is 9.81. The summed E-state index contributed by atoms with van der Waals surface area (Å²) in [4.78, 5) is 18.4. The Balaban J connectivity index is 1.84. The molecule has 0 radical (unpaired) electrons. The summed E-state index contributed by atoms with van der Waals surface area (Å²) in [5, 5.41) is 6.02. The van der Waals surface area contributed by atoms with Gasteiger partial charge in [0.15, 0.2) is 5.96 Å². The van der Waals surface area contributed by atoms with Gasteiger partial charge >= 0.3 is 6.61 Å². The Labute approximate surface area is 175 Å². The number of amides is 1. The van der Waals surface area contributed by atoms with Gasteiger partial charge in [-0.1, -0.05) is 42.5 Å². The molecule has 2 aromatic rings. The lowest BCUT2D eigenvalue weighted by molar-refractivity contribution is -0.119. The topological polar surface area (TPSA) is 66.0 Å². The van der Waals surface area contributed by atoms with Crippen molar-refractivity contribution in [2.24, 2.45) is 4.99 Å². The fourth-order valence-corrected chi connectivity index (χ4v) is 2.79. The van der Waals surface area contributed by atoms with Crippen LogP contribution in [0.4, 0.5) is 8.78 Å². The molecule has 0 atom stereocenters. The lowest BCUT2D eigenvalue weighted by Crippen LogP contribution is -2.39. The van der Waals surface area contributed by atoms with Gasteiger partial charge in [0, 0.05) is 26.7 Å². The lowest BCUT2D eigenvalue weighted by atomic mass is 10.1. The normalized spacial score (nSPS) is 11.3. The van der Waals surface area contributed by atoms with E-state index < -0.39 is 6.61 Å². The zero-order valence-electron chi connectivity index (χ0n) is 17.3. The monoisotopic (exact) mass is 418 g/mol. The maximum absolute atomic E-state index is 12.2. The second kappa shape index (κ2) is 12.4. The number of rotatable bonds is 10. The van der Waals surface area contributed by atoms with E-state index in [9.17, 15) is 13.6 Å². The van der Waals surface area contributed by atoms with Gasteiger partial charge in [0.25, 0.3) is 0 Å². The van der Waals surface area contributed by atoms with Gasteiger partial charge in [-0.3, -0.25) is 4.79 Å². The Morgan fingerprint density at radius 3 is 2.40 bits per heavy atom. The minimum Gasteiger partial charge on any atom is -0.435 e. The van der Waals surface area contributed by atoms with Crippen LogP contribution in [0.1, 0.15) is 18.1 Å². The predicted octanol–water partition coefficient (Wildman–Crippen LogP) is 3.04. The van der Waals surface area contributed by atoms with Crippen molar-refractivity contribution in [1.82, 2.24) is 15.5 Å². The smallest absolute Gasteiger partial charge is 0.387 e. The third-order valence-electron chi connectivity index (χ3n) is 4.22. The molecule has 0 saturated heterocycles. The van der Waals surface area contributed by atoms with Gasteiger partial charge in [-0.05, 0) is 36.6 Å². The Morgan fingerprint density at radius 2 is 1.77 bits per heavy atom. The number of nitrogens with one attached hydrogen (secondary N) is 2. The van der Waals surface area contributed by atoms with Crippen LogP contribution in [0.15, 0.2) is 59.6 Å². The minimum absolute atomic E-state index is 0.0165. The molecule has 0 aromatic heterocycles. The quantitative estimate of drug-likeness (QED) is 0.460. The molecule has 0 unspecified atom stereocenters. The lowest BCUT2D eigenvalue weighted by Gasteiger charge is -2.22. The van der Waals surface area contributed by atoms with Gasteiger partial charge in [0.1, 0.15) is 12.3 Å². The zero-order valence-corrected chi connectivity index (χ0v) is 17.3. The molecule has 0 saturated carbocycles. The second-order valence-electron chi connectivity index (χ2n) is 6.63. The van der Waals surface area contributed by atoms with Gasteiger partial charge in [0.05, 0.1) is 0 Å². The number of benzene rings is 2. The molecule has 0 aliphatic heterocycles. The van der Waals surface area contributed by atoms with E-state index in [1.165, 1.54) is 17.7 Å². The van der Waals surface area contributed by atoms with Crippen molar-refractivity contribution >= 4 is 11.9 Å².